The van der Waals surface area contributed by atoms with Crippen molar-refractivity contribution in [2.75, 3.05) is 26.8 Å². The first-order valence-corrected chi connectivity index (χ1v) is 6.14. The number of thiazole rings is 1. The molecule has 2 heterocycles. The molecule has 0 aliphatic carbocycles. The van der Waals surface area contributed by atoms with Gasteiger partial charge in [0.15, 0.2) is 0 Å². The van der Waals surface area contributed by atoms with Gasteiger partial charge in [-0.1, -0.05) is 0 Å². The molecule has 0 amide bonds. The van der Waals surface area contributed by atoms with E-state index in [1.807, 2.05) is 5.51 Å². The molecule has 0 spiro atoms. The molecule has 1 aliphatic rings. The highest BCUT2D eigenvalue weighted by Gasteiger charge is 2.33. The molecule has 0 saturated carbocycles. The molecule has 15 heavy (non-hydrogen) atoms. The summed E-state index contributed by atoms with van der Waals surface area (Å²) in [5.74, 6) is 0. The third-order valence-corrected chi connectivity index (χ3v) is 3.49. The summed E-state index contributed by atoms with van der Waals surface area (Å²) in [6.45, 7) is 2.74. The number of nitrogens with zero attached hydrogens (tertiary/aromatic N) is 2. The van der Waals surface area contributed by atoms with Gasteiger partial charge in [0, 0.05) is 31.6 Å². The van der Waals surface area contributed by atoms with Crippen LogP contribution < -0.4 is 5.73 Å². The number of nitrogens with two attached hydrogens (primary N) is 1. The average Bonchev–Trinajstić information content (AvgIpc) is 2.84. The van der Waals surface area contributed by atoms with Crippen LogP contribution >= 0.6 is 11.3 Å². The SMILES string of the molecule is COCCN1CCC(N)C1c1cscn1. The molecule has 1 fully saturated rings. The molecule has 1 saturated heterocycles. The molecule has 0 radical (unpaired) electrons. The van der Waals surface area contributed by atoms with Crippen molar-refractivity contribution in [3.05, 3.63) is 16.6 Å². The van der Waals surface area contributed by atoms with Crippen LogP contribution in [0.2, 0.25) is 0 Å². The smallest absolute Gasteiger partial charge is 0.0795 e. The predicted molar refractivity (Wildman–Crippen MR) is 60.9 cm³/mol. The number of aromatic nitrogens is 1. The zero-order valence-electron chi connectivity index (χ0n) is 8.93. The molecule has 2 atom stereocenters. The van der Waals surface area contributed by atoms with Crippen molar-refractivity contribution in [3.63, 3.8) is 0 Å². The molecule has 5 heteroatoms. The summed E-state index contributed by atoms with van der Waals surface area (Å²) in [7, 11) is 1.73. The van der Waals surface area contributed by atoms with E-state index in [1.54, 1.807) is 18.4 Å². The summed E-state index contributed by atoms with van der Waals surface area (Å²) in [4.78, 5) is 6.73. The topological polar surface area (TPSA) is 51.4 Å². The fraction of sp³-hybridized carbons (Fsp3) is 0.700. The minimum Gasteiger partial charge on any atom is -0.383 e. The van der Waals surface area contributed by atoms with Gasteiger partial charge in [-0.15, -0.1) is 11.3 Å². The van der Waals surface area contributed by atoms with Crippen molar-refractivity contribution in [1.82, 2.24) is 9.88 Å². The number of likely N-dealkylation sites (tertiary alicyclic amines) is 1. The normalized spacial score (nSPS) is 27.3. The number of ether oxygens (including phenoxy) is 1. The van der Waals surface area contributed by atoms with Crippen molar-refractivity contribution in [1.29, 1.82) is 0 Å². The molecular formula is C10H17N3OS. The van der Waals surface area contributed by atoms with Crippen molar-refractivity contribution >= 4 is 11.3 Å². The summed E-state index contributed by atoms with van der Waals surface area (Å²) in [5.41, 5.74) is 9.10. The maximum Gasteiger partial charge on any atom is 0.0795 e. The van der Waals surface area contributed by atoms with Crippen LogP contribution in [0.3, 0.4) is 0 Å². The van der Waals surface area contributed by atoms with E-state index in [-0.39, 0.29) is 12.1 Å². The number of methoxy groups -OCH3 is 1. The fourth-order valence-electron chi connectivity index (χ4n) is 2.12. The van der Waals surface area contributed by atoms with Crippen LogP contribution in [0.1, 0.15) is 18.2 Å². The second-order valence-electron chi connectivity index (χ2n) is 3.84. The molecule has 2 rings (SSSR count). The minimum absolute atomic E-state index is 0.212. The number of hydrogen-bond donors (Lipinski definition) is 1. The lowest BCUT2D eigenvalue weighted by molar-refractivity contribution is 0.138. The average molecular weight is 227 g/mol. The minimum atomic E-state index is 0.212. The van der Waals surface area contributed by atoms with Crippen molar-refractivity contribution < 1.29 is 4.74 Å². The van der Waals surface area contributed by atoms with Crippen molar-refractivity contribution in [2.45, 2.75) is 18.5 Å². The van der Waals surface area contributed by atoms with Gasteiger partial charge in [-0.05, 0) is 6.42 Å². The molecule has 0 bridgehead atoms. The Morgan fingerprint density at radius 3 is 3.27 bits per heavy atom. The lowest BCUT2D eigenvalue weighted by Crippen LogP contribution is -2.33. The van der Waals surface area contributed by atoms with Gasteiger partial charge in [0.25, 0.3) is 0 Å². The second-order valence-corrected chi connectivity index (χ2v) is 4.56. The molecule has 1 aromatic rings. The number of hydrogen-bond acceptors (Lipinski definition) is 5. The van der Waals surface area contributed by atoms with Crippen LogP contribution in [0.15, 0.2) is 10.9 Å². The maximum absolute atomic E-state index is 6.11. The molecule has 2 unspecified atom stereocenters. The van der Waals surface area contributed by atoms with E-state index in [9.17, 15) is 0 Å². The summed E-state index contributed by atoms with van der Waals surface area (Å²) < 4.78 is 5.10. The van der Waals surface area contributed by atoms with E-state index in [1.165, 1.54) is 0 Å². The monoisotopic (exact) mass is 227 g/mol. The van der Waals surface area contributed by atoms with Gasteiger partial charge in [-0.3, -0.25) is 4.90 Å². The first kappa shape index (κ1) is 11.0. The molecule has 84 valence electrons. The zero-order chi connectivity index (χ0) is 10.7. The maximum atomic E-state index is 6.11. The first-order chi connectivity index (χ1) is 7.33. The summed E-state index contributed by atoms with van der Waals surface area (Å²) in [6, 6.07) is 0.496. The van der Waals surface area contributed by atoms with Gasteiger partial charge in [-0.2, -0.15) is 0 Å². The highest BCUT2D eigenvalue weighted by molar-refractivity contribution is 7.07. The van der Waals surface area contributed by atoms with Gasteiger partial charge in [0.1, 0.15) is 0 Å². The van der Waals surface area contributed by atoms with E-state index in [4.69, 9.17) is 10.5 Å². The van der Waals surface area contributed by atoms with Crippen LogP contribution in [-0.4, -0.2) is 42.7 Å². The Morgan fingerprint density at radius 2 is 2.60 bits per heavy atom. The van der Waals surface area contributed by atoms with Gasteiger partial charge in [0.2, 0.25) is 0 Å². The van der Waals surface area contributed by atoms with Gasteiger partial charge >= 0.3 is 0 Å². The molecule has 2 N–H and O–H groups in total. The van der Waals surface area contributed by atoms with E-state index in [2.05, 4.69) is 15.3 Å². The van der Waals surface area contributed by atoms with Crippen LogP contribution in [0.4, 0.5) is 0 Å². The quantitative estimate of drug-likeness (QED) is 0.829. The second kappa shape index (κ2) is 5.03. The largest absolute Gasteiger partial charge is 0.383 e. The highest BCUT2D eigenvalue weighted by Crippen LogP contribution is 2.30. The molecule has 1 aliphatic heterocycles. The van der Waals surface area contributed by atoms with Crippen LogP contribution in [0.5, 0.6) is 0 Å². The molecule has 1 aromatic heterocycles. The summed E-state index contributed by atoms with van der Waals surface area (Å²) >= 11 is 1.63. The summed E-state index contributed by atoms with van der Waals surface area (Å²) in [6.07, 6.45) is 1.05. The van der Waals surface area contributed by atoms with E-state index >= 15 is 0 Å². The first-order valence-electron chi connectivity index (χ1n) is 5.19. The van der Waals surface area contributed by atoms with E-state index in [0.29, 0.717) is 0 Å². The predicted octanol–water partition coefficient (Wildman–Crippen LogP) is 0.864. The highest BCUT2D eigenvalue weighted by atomic mass is 32.1. The Kier molecular flexibility index (Phi) is 3.69. The summed E-state index contributed by atoms with van der Waals surface area (Å²) in [5, 5.41) is 2.09. The van der Waals surface area contributed by atoms with Crippen LogP contribution in [-0.2, 0) is 4.74 Å². The van der Waals surface area contributed by atoms with Gasteiger partial charge in [0.05, 0.1) is 23.9 Å². The Balaban J connectivity index is 2.05. The zero-order valence-corrected chi connectivity index (χ0v) is 9.74. The Hall–Kier alpha value is -0.490. The Labute approximate surface area is 94.1 Å². The van der Waals surface area contributed by atoms with Crippen molar-refractivity contribution in [3.8, 4) is 0 Å². The van der Waals surface area contributed by atoms with Crippen LogP contribution in [0, 0.1) is 0 Å². The molecular weight excluding hydrogens is 210 g/mol. The lowest BCUT2D eigenvalue weighted by atomic mass is 10.1. The van der Waals surface area contributed by atoms with Gasteiger partial charge < -0.3 is 10.5 Å². The fourth-order valence-corrected chi connectivity index (χ4v) is 2.70. The standard InChI is InChI=1S/C10H17N3OS/c1-14-5-4-13-3-2-8(11)10(13)9-6-15-7-12-9/h6-8,10H,2-5,11H2,1H3. The lowest BCUT2D eigenvalue weighted by Gasteiger charge is -2.24. The Bertz CT molecular complexity index is 291. The molecule has 4 nitrogen and oxygen atoms in total. The Morgan fingerprint density at radius 1 is 1.73 bits per heavy atom. The van der Waals surface area contributed by atoms with E-state index in [0.717, 1.165) is 31.8 Å². The van der Waals surface area contributed by atoms with Gasteiger partial charge in [-0.25, -0.2) is 4.98 Å². The molecule has 0 aromatic carbocycles. The number of rotatable bonds is 4. The third kappa shape index (κ3) is 2.36. The third-order valence-electron chi connectivity index (χ3n) is 2.89. The van der Waals surface area contributed by atoms with Crippen LogP contribution in [0.25, 0.3) is 0 Å². The van der Waals surface area contributed by atoms with Crippen molar-refractivity contribution in [2.24, 2.45) is 5.73 Å². The van der Waals surface area contributed by atoms with E-state index < -0.39 is 0 Å².